The minimum absolute atomic E-state index is 0.698. The summed E-state index contributed by atoms with van der Waals surface area (Å²) in [6.07, 6.45) is 13.0. The molecule has 0 aliphatic rings. The molecule has 0 aliphatic heterocycles. The monoisotopic (exact) mass is 323 g/mol. The molecule has 0 radical (unpaired) electrons. The highest BCUT2D eigenvalue weighted by Gasteiger charge is 2.08. The van der Waals surface area contributed by atoms with Gasteiger partial charge in [-0.1, -0.05) is 6.07 Å². The van der Waals surface area contributed by atoms with Crippen LogP contribution in [-0.2, 0) is 0 Å². The number of hydrogen-bond donors (Lipinski definition) is 0. The van der Waals surface area contributed by atoms with Gasteiger partial charge in [0.2, 0.25) is 5.78 Å². The third-order valence-electron chi connectivity index (χ3n) is 4.31. The molecule has 4 heterocycles. The van der Waals surface area contributed by atoms with Gasteiger partial charge in [-0.2, -0.15) is 0 Å². The predicted molar refractivity (Wildman–Crippen MR) is 97.0 cm³/mol. The first-order valence-electron chi connectivity index (χ1n) is 7.97. The summed E-state index contributed by atoms with van der Waals surface area (Å²) in [5.41, 5.74) is 5.37. The Balaban J connectivity index is 1.72. The predicted octanol–water partition coefficient (Wildman–Crippen LogP) is 4.01. The van der Waals surface area contributed by atoms with Crippen LogP contribution in [0.5, 0.6) is 0 Å². The van der Waals surface area contributed by atoms with E-state index in [0.29, 0.717) is 5.78 Å². The molecule has 0 saturated carbocycles. The van der Waals surface area contributed by atoms with Crippen LogP contribution in [0.4, 0.5) is 0 Å². The number of hydrogen-bond acceptors (Lipinski definition) is 4. The molecule has 5 heteroatoms. The van der Waals surface area contributed by atoms with E-state index < -0.39 is 0 Å². The summed E-state index contributed by atoms with van der Waals surface area (Å²) in [6.45, 7) is 0. The highest BCUT2D eigenvalue weighted by molar-refractivity contribution is 5.96. The van der Waals surface area contributed by atoms with Crippen molar-refractivity contribution in [3.63, 3.8) is 0 Å². The van der Waals surface area contributed by atoms with Crippen LogP contribution in [0.2, 0.25) is 0 Å². The van der Waals surface area contributed by atoms with Crippen molar-refractivity contribution in [3.8, 4) is 22.3 Å². The molecule has 118 valence electrons. The van der Waals surface area contributed by atoms with E-state index in [0.717, 1.165) is 33.2 Å². The van der Waals surface area contributed by atoms with Gasteiger partial charge < -0.3 is 0 Å². The molecule has 5 aromatic rings. The average Bonchev–Trinajstić information content (AvgIpc) is 3.15. The second-order valence-electron chi connectivity index (χ2n) is 5.80. The van der Waals surface area contributed by atoms with Crippen molar-refractivity contribution in [2.45, 2.75) is 0 Å². The lowest BCUT2D eigenvalue weighted by molar-refractivity contribution is 1.11. The number of nitrogens with zero attached hydrogens (tertiary/aromatic N) is 5. The third kappa shape index (κ3) is 2.33. The van der Waals surface area contributed by atoms with E-state index >= 15 is 0 Å². The van der Waals surface area contributed by atoms with E-state index in [1.54, 1.807) is 6.20 Å². The second-order valence-corrected chi connectivity index (χ2v) is 5.80. The van der Waals surface area contributed by atoms with E-state index in [4.69, 9.17) is 0 Å². The molecule has 0 N–H and O–H groups in total. The molecule has 0 spiro atoms. The second kappa shape index (κ2) is 5.49. The normalized spacial score (nSPS) is 11.2. The smallest absolute Gasteiger partial charge is 0.233 e. The van der Waals surface area contributed by atoms with Gasteiger partial charge in [0.25, 0.3) is 0 Å². The van der Waals surface area contributed by atoms with Crippen LogP contribution >= 0.6 is 0 Å². The Morgan fingerprint density at radius 1 is 0.720 bits per heavy atom. The first-order chi connectivity index (χ1) is 12.4. The van der Waals surface area contributed by atoms with E-state index in [1.807, 2.05) is 65.8 Å². The lowest BCUT2D eigenvalue weighted by atomic mass is 9.99. The molecule has 5 nitrogen and oxygen atoms in total. The SMILES string of the molecule is c1cc(-c2ccnc3ccc(-c4cnc5nccn5c4)cc23)ccn1. The Hall–Kier alpha value is -3.60. The molecule has 0 bridgehead atoms. The molecule has 25 heavy (non-hydrogen) atoms. The first kappa shape index (κ1) is 13.8. The number of rotatable bonds is 2. The molecule has 0 aliphatic carbocycles. The molecule has 0 saturated heterocycles. The number of pyridine rings is 2. The number of fused-ring (bicyclic) bond motifs is 2. The summed E-state index contributed by atoms with van der Waals surface area (Å²) in [7, 11) is 0. The molecule has 0 fully saturated rings. The summed E-state index contributed by atoms with van der Waals surface area (Å²) < 4.78 is 1.92. The van der Waals surface area contributed by atoms with E-state index in [9.17, 15) is 0 Å². The van der Waals surface area contributed by atoms with Crippen LogP contribution in [0.25, 0.3) is 38.9 Å². The highest BCUT2D eigenvalue weighted by Crippen LogP contribution is 2.30. The maximum atomic E-state index is 4.50. The molecule has 0 unspecified atom stereocenters. The van der Waals surface area contributed by atoms with Crippen molar-refractivity contribution >= 4 is 16.7 Å². The van der Waals surface area contributed by atoms with Crippen molar-refractivity contribution < 1.29 is 0 Å². The topological polar surface area (TPSA) is 56.0 Å². The van der Waals surface area contributed by atoms with E-state index in [2.05, 4.69) is 32.1 Å². The number of aromatic nitrogens is 5. The quantitative estimate of drug-likeness (QED) is 0.492. The van der Waals surface area contributed by atoms with Crippen LogP contribution in [0.15, 0.2) is 79.8 Å². The van der Waals surface area contributed by atoms with Crippen molar-refractivity contribution in [2.24, 2.45) is 0 Å². The third-order valence-corrected chi connectivity index (χ3v) is 4.31. The van der Waals surface area contributed by atoms with E-state index in [-0.39, 0.29) is 0 Å². The zero-order valence-corrected chi connectivity index (χ0v) is 13.2. The van der Waals surface area contributed by atoms with E-state index in [1.165, 1.54) is 0 Å². The Bertz CT molecular complexity index is 1190. The summed E-state index contributed by atoms with van der Waals surface area (Å²) in [4.78, 5) is 17.2. The van der Waals surface area contributed by atoms with Crippen molar-refractivity contribution in [3.05, 3.63) is 79.8 Å². The van der Waals surface area contributed by atoms with Gasteiger partial charge in [0, 0.05) is 54.3 Å². The fourth-order valence-electron chi connectivity index (χ4n) is 3.07. The van der Waals surface area contributed by atoms with Crippen LogP contribution in [-0.4, -0.2) is 24.3 Å². The van der Waals surface area contributed by atoms with Crippen LogP contribution in [0, 0.1) is 0 Å². The Morgan fingerprint density at radius 3 is 2.56 bits per heavy atom. The van der Waals surface area contributed by atoms with Crippen molar-refractivity contribution in [2.75, 3.05) is 0 Å². The van der Waals surface area contributed by atoms with Gasteiger partial charge in [-0.25, -0.2) is 9.97 Å². The van der Waals surface area contributed by atoms with Crippen LogP contribution < -0.4 is 0 Å². The highest BCUT2D eigenvalue weighted by atomic mass is 15.1. The lowest BCUT2D eigenvalue weighted by Crippen LogP contribution is -1.90. The first-order valence-corrected chi connectivity index (χ1v) is 7.97. The molecule has 5 rings (SSSR count). The molecule has 0 amide bonds. The summed E-state index contributed by atoms with van der Waals surface area (Å²) in [6, 6.07) is 12.4. The standard InChI is InChI=1S/C20H13N5/c1-2-19-18(17(5-8-22-19)14-3-6-21-7-4-14)11-15(1)16-12-24-20-23-9-10-25(20)13-16/h1-13H. The van der Waals surface area contributed by atoms with Gasteiger partial charge in [0.1, 0.15) is 0 Å². The summed E-state index contributed by atoms with van der Waals surface area (Å²) in [5, 5.41) is 1.11. The fraction of sp³-hybridized carbons (Fsp3) is 0. The molecule has 1 aromatic carbocycles. The molecular formula is C20H13N5. The lowest BCUT2D eigenvalue weighted by Gasteiger charge is -2.09. The molecular weight excluding hydrogens is 310 g/mol. The van der Waals surface area contributed by atoms with Crippen LogP contribution in [0.1, 0.15) is 0 Å². The van der Waals surface area contributed by atoms with Crippen molar-refractivity contribution in [1.82, 2.24) is 24.3 Å². The van der Waals surface area contributed by atoms with Crippen LogP contribution in [0.3, 0.4) is 0 Å². The van der Waals surface area contributed by atoms with Gasteiger partial charge in [-0.05, 0) is 47.0 Å². The maximum absolute atomic E-state index is 4.50. The van der Waals surface area contributed by atoms with Gasteiger partial charge in [0.15, 0.2) is 0 Å². The Morgan fingerprint density at radius 2 is 1.64 bits per heavy atom. The zero-order valence-electron chi connectivity index (χ0n) is 13.2. The minimum Gasteiger partial charge on any atom is -0.291 e. The molecule has 4 aromatic heterocycles. The van der Waals surface area contributed by atoms with Gasteiger partial charge in [-0.3, -0.25) is 14.4 Å². The minimum atomic E-state index is 0.698. The van der Waals surface area contributed by atoms with Gasteiger partial charge in [0.05, 0.1) is 5.52 Å². The number of benzene rings is 1. The van der Waals surface area contributed by atoms with Crippen molar-refractivity contribution in [1.29, 1.82) is 0 Å². The maximum Gasteiger partial charge on any atom is 0.233 e. The fourth-order valence-corrected chi connectivity index (χ4v) is 3.07. The summed E-state index contributed by atoms with van der Waals surface area (Å²) >= 11 is 0. The Labute approximate surface area is 143 Å². The zero-order chi connectivity index (χ0) is 16.6. The number of imidazole rings is 1. The Kier molecular flexibility index (Phi) is 3.03. The largest absolute Gasteiger partial charge is 0.291 e. The van der Waals surface area contributed by atoms with Gasteiger partial charge >= 0.3 is 0 Å². The van der Waals surface area contributed by atoms with Gasteiger partial charge in [-0.15, -0.1) is 0 Å². The summed E-state index contributed by atoms with van der Waals surface area (Å²) in [5.74, 6) is 0.698. The molecule has 0 atom stereocenters. The average molecular weight is 323 g/mol.